The summed E-state index contributed by atoms with van der Waals surface area (Å²) in [4.78, 5) is 15.3. The molecule has 0 saturated heterocycles. The maximum absolute atomic E-state index is 11.2. The van der Waals surface area contributed by atoms with Crippen molar-refractivity contribution in [3.8, 4) is 0 Å². The first-order valence-electron chi connectivity index (χ1n) is 4.43. The summed E-state index contributed by atoms with van der Waals surface area (Å²) in [5.41, 5.74) is 6.22. The van der Waals surface area contributed by atoms with Gasteiger partial charge in [-0.05, 0) is 28.9 Å². The summed E-state index contributed by atoms with van der Waals surface area (Å²) < 4.78 is 0.804. The van der Waals surface area contributed by atoms with Crippen LogP contribution in [0.15, 0.2) is 16.7 Å². The summed E-state index contributed by atoms with van der Waals surface area (Å²) in [5, 5.41) is 5.46. The van der Waals surface area contributed by atoms with Crippen molar-refractivity contribution in [1.82, 2.24) is 10.3 Å². The second-order valence-electron chi connectivity index (χ2n) is 3.07. The van der Waals surface area contributed by atoms with Crippen LogP contribution < -0.4 is 16.4 Å². The molecule has 0 bridgehead atoms. The smallest absolute Gasteiger partial charge is 0.241 e. The number of anilines is 2. The average Bonchev–Trinajstić information content (AvgIpc) is 2.20. The Kier molecular flexibility index (Phi) is 3.90. The minimum absolute atomic E-state index is 0.112. The Hall–Kier alpha value is -1.30. The molecule has 5 nitrogen and oxygen atoms in total. The van der Waals surface area contributed by atoms with Crippen LogP contribution in [0.1, 0.15) is 6.92 Å². The standard InChI is InChI=1S/C9H13BrN4O/c1-5(9(15)12-2)14-8-7(11)3-6(10)4-13-8/h3-5H,11H2,1-2H3,(H,12,15)(H,13,14). The molecule has 1 heterocycles. The van der Waals surface area contributed by atoms with Gasteiger partial charge in [0.25, 0.3) is 0 Å². The highest BCUT2D eigenvalue weighted by molar-refractivity contribution is 9.10. The van der Waals surface area contributed by atoms with Crippen LogP contribution in [-0.4, -0.2) is 24.0 Å². The second-order valence-corrected chi connectivity index (χ2v) is 3.99. The van der Waals surface area contributed by atoms with E-state index < -0.39 is 0 Å². The molecule has 0 saturated carbocycles. The van der Waals surface area contributed by atoms with Crippen molar-refractivity contribution >= 4 is 33.3 Å². The fraction of sp³-hybridized carbons (Fsp3) is 0.333. The fourth-order valence-corrected chi connectivity index (χ4v) is 1.41. The van der Waals surface area contributed by atoms with Crippen LogP contribution in [0.2, 0.25) is 0 Å². The van der Waals surface area contributed by atoms with E-state index in [0.29, 0.717) is 11.5 Å². The van der Waals surface area contributed by atoms with Crippen LogP contribution in [0.3, 0.4) is 0 Å². The van der Waals surface area contributed by atoms with Crippen LogP contribution in [0.5, 0.6) is 0 Å². The Morgan fingerprint density at radius 3 is 2.87 bits per heavy atom. The number of hydrogen-bond acceptors (Lipinski definition) is 4. The summed E-state index contributed by atoms with van der Waals surface area (Å²) in [7, 11) is 1.58. The van der Waals surface area contributed by atoms with E-state index in [-0.39, 0.29) is 11.9 Å². The number of hydrogen-bond donors (Lipinski definition) is 3. The zero-order chi connectivity index (χ0) is 11.4. The van der Waals surface area contributed by atoms with E-state index in [9.17, 15) is 4.79 Å². The Morgan fingerprint density at radius 2 is 2.33 bits per heavy atom. The molecule has 0 radical (unpaired) electrons. The summed E-state index contributed by atoms with van der Waals surface area (Å²) in [6, 6.07) is 1.36. The summed E-state index contributed by atoms with van der Waals surface area (Å²) in [5.74, 6) is 0.397. The molecular weight excluding hydrogens is 260 g/mol. The normalized spacial score (nSPS) is 11.9. The van der Waals surface area contributed by atoms with Crippen LogP contribution in [0.25, 0.3) is 0 Å². The summed E-state index contributed by atoms with van der Waals surface area (Å²) >= 11 is 3.26. The summed E-state index contributed by atoms with van der Waals surface area (Å²) in [6.07, 6.45) is 1.62. The van der Waals surface area contributed by atoms with Crippen LogP contribution in [0.4, 0.5) is 11.5 Å². The number of pyridine rings is 1. The van der Waals surface area contributed by atoms with E-state index >= 15 is 0 Å². The SMILES string of the molecule is CNC(=O)C(C)Nc1ncc(Br)cc1N. The van der Waals surface area contributed by atoms with Gasteiger partial charge in [0.2, 0.25) is 5.91 Å². The number of nitrogen functional groups attached to an aromatic ring is 1. The van der Waals surface area contributed by atoms with Gasteiger partial charge in [0, 0.05) is 17.7 Å². The molecule has 0 aromatic carbocycles. The number of nitrogens with zero attached hydrogens (tertiary/aromatic N) is 1. The number of nitrogens with two attached hydrogens (primary N) is 1. The molecule has 6 heteroatoms. The Balaban J connectivity index is 2.76. The molecule has 1 unspecified atom stereocenters. The molecule has 0 aliphatic carbocycles. The Labute approximate surface area is 96.6 Å². The highest BCUT2D eigenvalue weighted by Crippen LogP contribution is 2.20. The molecule has 0 aliphatic heterocycles. The van der Waals surface area contributed by atoms with Crippen molar-refractivity contribution in [2.24, 2.45) is 0 Å². The molecule has 1 rings (SSSR count). The van der Waals surface area contributed by atoms with Gasteiger partial charge in [0.1, 0.15) is 11.9 Å². The first-order valence-corrected chi connectivity index (χ1v) is 5.23. The quantitative estimate of drug-likeness (QED) is 0.766. The molecule has 1 atom stereocenters. The Bertz CT molecular complexity index is 369. The van der Waals surface area contributed by atoms with Crippen molar-refractivity contribution in [2.75, 3.05) is 18.1 Å². The maximum Gasteiger partial charge on any atom is 0.241 e. The molecule has 0 fully saturated rings. The number of aromatic nitrogens is 1. The molecule has 1 aromatic heterocycles. The minimum atomic E-state index is -0.369. The van der Waals surface area contributed by atoms with Crippen molar-refractivity contribution in [1.29, 1.82) is 0 Å². The third kappa shape index (κ3) is 3.09. The molecule has 15 heavy (non-hydrogen) atoms. The number of rotatable bonds is 3. The van der Waals surface area contributed by atoms with E-state index in [1.165, 1.54) is 0 Å². The fourth-order valence-electron chi connectivity index (χ4n) is 1.06. The van der Waals surface area contributed by atoms with E-state index in [1.54, 1.807) is 26.2 Å². The minimum Gasteiger partial charge on any atom is -0.396 e. The lowest BCUT2D eigenvalue weighted by Gasteiger charge is -2.14. The molecule has 0 aliphatic rings. The predicted octanol–water partition coefficient (Wildman–Crippen LogP) is 0.973. The molecule has 82 valence electrons. The Morgan fingerprint density at radius 1 is 1.67 bits per heavy atom. The average molecular weight is 273 g/mol. The topological polar surface area (TPSA) is 80.0 Å². The largest absolute Gasteiger partial charge is 0.396 e. The lowest BCUT2D eigenvalue weighted by Crippen LogP contribution is -2.35. The molecule has 0 spiro atoms. The lowest BCUT2D eigenvalue weighted by molar-refractivity contribution is -0.121. The number of amides is 1. The van der Waals surface area contributed by atoms with Crippen molar-refractivity contribution in [3.05, 3.63) is 16.7 Å². The van der Waals surface area contributed by atoms with Crippen molar-refractivity contribution in [3.63, 3.8) is 0 Å². The highest BCUT2D eigenvalue weighted by Gasteiger charge is 2.12. The van der Waals surface area contributed by atoms with E-state index in [1.807, 2.05) is 0 Å². The van der Waals surface area contributed by atoms with E-state index in [4.69, 9.17) is 5.73 Å². The first kappa shape index (κ1) is 11.8. The van der Waals surface area contributed by atoms with Gasteiger partial charge >= 0.3 is 0 Å². The molecule has 4 N–H and O–H groups in total. The van der Waals surface area contributed by atoms with Crippen molar-refractivity contribution < 1.29 is 4.79 Å². The number of halogens is 1. The van der Waals surface area contributed by atoms with Gasteiger partial charge in [0.15, 0.2) is 0 Å². The van der Waals surface area contributed by atoms with Crippen LogP contribution in [-0.2, 0) is 4.79 Å². The predicted molar refractivity (Wildman–Crippen MR) is 63.5 cm³/mol. The maximum atomic E-state index is 11.2. The van der Waals surface area contributed by atoms with Crippen LogP contribution in [0, 0.1) is 0 Å². The number of carbonyl (C=O) groups is 1. The zero-order valence-corrected chi connectivity index (χ0v) is 10.1. The molecular formula is C9H13BrN4O. The summed E-state index contributed by atoms with van der Waals surface area (Å²) in [6.45, 7) is 1.74. The van der Waals surface area contributed by atoms with Gasteiger partial charge in [0.05, 0.1) is 5.69 Å². The molecule has 1 aromatic rings. The monoisotopic (exact) mass is 272 g/mol. The third-order valence-electron chi connectivity index (χ3n) is 1.88. The van der Waals surface area contributed by atoms with Crippen LogP contribution >= 0.6 is 15.9 Å². The van der Waals surface area contributed by atoms with E-state index in [2.05, 4.69) is 31.5 Å². The first-order chi connectivity index (χ1) is 7.04. The second kappa shape index (κ2) is 4.97. The highest BCUT2D eigenvalue weighted by atomic mass is 79.9. The molecule has 1 amide bonds. The van der Waals surface area contributed by atoms with Gasteiger partial charge in [-0.25, -0.2) is 4.98 Å². The van der Waals surface area contributed by atoms with Gasteiger partial charge in [-0.15, -0.1) is 0 Å². The number of likely N-dealkylation sites (N-methyl/N-ethyl adjacent to an activating group) is 1. The number of carbonyl (C=O) groups excluding carboxylic acids is 1. The lowest BCUT2D eigenvalue weighted by atomic mass is 10.3. The van der Waals surface area contributed by atoms with Gasteiger partial charge in [-0.1, -0.05) is 0 Å². The number of nitrogens with one attached hydrogen (secondary N) is 2. The third-order valence-corrected chi connectivity index (χ3v) is 2.31. The van der Waals surface area contributed by atoms with Crippen molar-refractivity contribution in [2.45, 2.75) is 13.0 Å². The van der Waals surface area contributed by atoms with E-state index in [0.717, 1.165) is 4.47 Å². The van der Waals surface area contributed by atoms with Gasteiger partial charge in [-0.3, -0.25) is 4.79 Å². The zero-order valence-electron chi connectivity index (χ0n) is 8.54. The van der Waals surface area contributed by atoms with Gasteiger partial charge < -0.3 is 16.4 Å². The van der Waals surface area contributed by atoms with Gasteiger partial charge in [-0.2, -0.15) is 0 Å².